The Kier molecular flexibility index (Phi) is 3.83. The minimum absolute atomic E-state index is 0.139. The van der Waals surface area contributed by atoms with Crippen LogP contribution in [0.15, 0.2) is 12.5 Å². The summed E-state index contributed by atoms with van der Waals surface area (Å²) in [5.74, 6) is 1.28. The molecule has 1 unspecified atom stereocenters. The molecule has 0 saturated carbocycles. The van der Waals surface area contributed by atoms with Gasteiger partial charge in [0.1, 0.15) is 6.33 Å². The molecule has 1 N–H and O–H groups in total. The molecule has 0 radical (unpaired) electrons. The minimum atomic E-state index is -0.139. The Morgan fingerprint density at radius 2 is 2.25 bits per heavy atom. The van der Waals surface area contributed by atoms with Crippen molar-refractivity contribution in [1.82, 2.24) is 14.9 Å². The van der Waals surface area contributed by atoms with E-state index in [-0.39, 0.29) is 17.5 Å². The van der Waals surface area contributed by atoms with Crippen LogP contribution in [0.4, 0.5) is 10.6 Å². The fraction of sp³-hybridized carbons (Fsp3) is 0.643. The molecule has 2 heterocycles. The van der Waals surface area contributed by atoms with Crippen LogP contribution in [-0.2, 0) is 0 Å². The number of methoxy groups -OCH3 is 1. The molecule has 20 heavy (non-hydrogen) atoms. The summed E-state index contributed by atoms with van der Waals surface area (Å²) in [6, 6.07) is 0.0929. The zero-order valence-electron chi connectivity index (χ0n) is 12.7. The van der Waals surface area contributed by atoms with E-state index in [2.05, 4.69) is 43.0 Å². The third-order valence-electron chi connectivity index (χ3n) is 3.73. The van der Waals surface area contributed by atoms with Crippen molar-refractivity contribution >= 4 is 11.8 Å². The second-order valence-corrected chi connectivity index (χ2v) is 6.18. The first-order valence-corrected chi connectivity index (χ1v) is 6.78. The Morgan fingerprint density at radius 3 is 2.80 bits per heavy atom. The molecule has 1 aliphatic heterocycles. The standard InChI is InChI=1S/C14H22N4O2/c1-9(2)11-14(3,4)7-18(11)13(19)17-12-10(20-5)6-15-8-16-12/h6,8-9,11H,7H2,1-5H3,(H,15,16,17,19). The first kappa shape index (κ1) is 14.6. The monoisotopic (exact) mass is 278 g/mol. The third kappa shape index (κ3) is 2.55. The van der Waals surface area contributed by atoms with E-state index in [9.17, 15) is 4.79 Å². The van der Waals surface area contributed by atoms with Crippen LogP contribution in [0.25, 0.3) is 0 Å². The van der Waals surface area contributed by atoms with Crippen LogP contribution in [-0.4, -0.2) is 40.6 Å². The zero-order chi connectivity index (χ0) is 14.9. The molecule has 6 nitrogen and oxygen atoms in total. The van der Waals surface area contributed by atoms with Gasteiger partial charge in [-0.05, 0) is 5.92 Å². The van der Waals surface area contributed by atoms with Gasteiger partial charge in [-0.1, -0.05) is 27.7 Å². The highest BCUT2D eigenvalue weighted by Crippen LogP contribution is 2.41. The van der Waals surface area contributed by atoms with Crippen LogP contribution in [0.3, 0.4) is 0 Å². The number of nitrogens with one attached hydrogen (secondary N) is 1. The lowest BCUT2D eigenvalue weighted by Gasteiger charge is -2.56. The second-order valence-electron chi connectivity index (χ2n) is 6.18. The highest BCUT2D eigenvalue weighted by Gasteiger charge is 2.49. The molecule has 1 atom stereocenters. The summed E-state index contributed by atoms with van der Waals surface area (Å²) < 4.78 is 5.13. The number of amides is 2. The number of ether oxygens (including phenoxy) is 1. The van der Waals surface area contributed by atoms with E-state index in [1.54, 1.807) is 0 Å². The van der Waals surface area contributed by atoms with Crippen LogP contribution in [0, 0.1) is 11.3 Å². The molecule has 1 fully saturated rings. The van der Waals surface area contributed by atoms with E-state index in [4.69, 9.17) is 4.74 Å². The lowest BCUT2D eigenvalue weighted by molar-refractivity contribution is -0.0363. The van der Waals surface area contributed by atoms with Crippen LogP contribution in [0.2, 0.25) is 0 Å². The summed E-state index contributed by atoms with van der Waals surface area (Å²) in [5.41, 5.74) is 0.154. The van der Waals surface area contributed by atoms with Crippen molar-refractivity contribution < 1.29 is 9.53 Å². The van der Waals surface area contributed by atoms with Gasteiger partial charge in [-0.3, -0.25) is 5.32 Å². The van der Waals surface area contributed by atoms with Gasteiger partial charge in [-0.25, -0.2) is 14.8 Å². The van der Waals surface area contributed by atoms with E-state index in [1.165, 1.54) is 19.6 Å². The molecule has 1 saturated heterocycles. The molecule has 0 spiro atoms. The molecule has 0 aromatic carbocycles. The number of carbonyl (C=O) groups is 1. The van der Waals surface area contributed by atoms with Gasteiger partial charge in [0, 0.05) is 18.0 Å². The maximum absolute atomic E-state index is 12.4. The van der Waals surface area contributed by atoms with Crippen LogP contribution < -0.4 is 10.1 Å². The summed E-state index contributed by atoms with van der Waals surface area (Å²) in [6.07, 6.45) is 2.92. The first-order chi connectivity index (χ1) is 9.36. The molecule has 2 rings (SSSR count). The Balaban J connectivity index is 2.10. The maximum Gasteiger partial charge on any atom is 0.323 e. The number of hydrogen-bond acceptors (Lipinski definition) is 4. The highest BCUT2D eigenvalue weighted by molar-refractivity contribution is 5.90. The second kappa shape index (κ2) is 5.26. The van der Waals surface area contributed by atoms with Gasteiger partial charge in [0.25, 0.3) is 0 Å². The Morgan fingerprint density at radius 1 is 1.55 bits per heavy atom. The number of likely N-dealkylation sites (tertiary alicyclic amines) is 1. The lowest BCUT2D eigenvalue weighted by atomic mass is 9.70. The molecular formula is C14H22N4O2. The molecule has 1 aliphatic rings. The number of rotatable bonds is 3. The van der Waals surface area contributed by atoms with E-state index in [0.717, 1.165) is 6.54 Å². The Hall–Kier alpha value is -1.85. The van der Waals surface area contributed by atoms with Gasteiger partial charge < -0.3 is 9.64 Å². The molecule has 1 aromatic rings. The molecule has 0 bridgehead atoms. The molecule has 2 amide bonds. The van der Waals surface area contributed by atoms with Crippen molar-refractivity contribution in [2.75, 3.05) is 19.0 Å². The smallest absolute Gasteiger partial charge is 0.323 e. The average molecular weight is 278 g/mol. The number of aromatic nitrogens is 2. The fourth-order valence-electron chi connectivity index (χ4n) is 3.13. The van der Waals surface area contributed by atoms with Crippen LogP contribution >= 0.6 is 0 Å². The van der Waals surface area contributed by atoms with Gasteiger partial charge >= 0.3 is 6.03 Å². The number of hydrogen-bond donors (Lipinski definition) is 1. The zero-order valence-corrected chi connectivity index (χ0v) is 12.7. The van der Waals surface area contributed by atoms with Gasteiger partial charge in [-0.15, -0.1) is 0 Å². The first-order valence-electron chi connectivity index (χ1n) is 6.78. The number of urea groups is 1. The number of carbonyl (C=O) groups excluding carboxylic acids is 1. The fourth-order valence-corrected chi connectivity index (χ4v) is 3.13. The van der Waals surface area contributed by atoms with E-state index in [1.807, 2.05) is 4.90 Å². The summed E-state index contributed by atoms with van der Waals surface area (Å²) in [5, 5.41) is 2.80. The summed E-state index contributed by atoms with van der Waals surface area (Å²) in [4.78, 5) is 22.1. The summed E-state index contributed by atoms with van der Waals surface area (Å²) in [7, 11) is 1.53. The van der Waals surface area contributed by atoms with Gasteiger partial charge in [0.15, 0.2) is 11.6 Å². The van der Waals surface area contributed by atoms with Crippen molar-refractivity contribution in [3.63, 3.8) is 0 Å². The van der Waals surface area contributed by atoms with Gasteiger partial charge in [-0.2, -0.15) is 0 Å². The van der Waals surface area contributed by atoms with E-state index >= 15 is 0 Å². The third-order valence-corrected chi connectivity index (χ3v) is 3.73. The van der Waals surface area contributed by atoms with Crippen molar-refractivity contribution in [1.29, 1.82) is 0 Å². The summed E-state index contributed by atoms with van der Waals surface area (Å²) in [6.45, 7) is 9.39. The SMILES string of the molecule is COc1cncnc1NC(=O)N1CC(C)(C)C1C(C)C. The largest absolute Gasteiger partial charge is 0.491 e. The minimum Gasteiger partial charge on any atom is -0.491 e. The Bertz CT molecular complexity index is 502. The molecular weight excluding hydrogens is 256 g/mol. The summed E-state index contributed by atoms with van der Waals surface area (Å²) >= 11 is 0. The molecule has 1 aromatic heterocycles. The number of anilines is 1. The molecule has 6 heteroatoms. The molecule has 0 aliphatic carbocycles. The van der Waals surface area contributed by atoms with Crippen molar-refractivity contribution in [3.05, 3.63) is 12.5 Å². The van der Waals surface area contributed by atoms with E-state index in [0.29, 0.717) is 17.5 Å². The van der Waals surface area contributed by atoms with Crippen LogP contribution in [0.5, 0.6) is 5.75 Å². The number of nitrogens with zero attached hydrogens (tertiary/aromatic N) is 3. The predicted molar refractivity (Wildman–Crippen MR) is 76.7 cm³/mol. The Labute approximate surface area is 119 Å². The van der Waals surface area contributed by atoms with E-state index < -0.39 is 0 Å². The van der Waals surface area contributed by atoms with Gasteiger partial charge in [0.05, 0.1) is 13.3 Å². The van der Waals surface area contributed by atoms with Crippen molar-refractivity contribution in [3.8, 4) is 5.75 Å². The molecule has 110 valence electrons. The maximum atomic E-state index is 12.4. The van der Waals surface area contributed by atoms with Crippen LogP contribution in [0.1, 0.15) is 27.7 Å². The topological polar surface area (TPSA) is 67.4 Å². The predicted octanol–water partition coefficient (Wildman–Crippen LogP) is 2.38. The quantitative estimate of drug-likeness (QED) is 0.921. The average Bonchev–Trinajstić information content (AvgIpc) is 2.36. The highest BCUT2D eigenvalue weighted by atomic mass is 16.5. The van der Waals surface area contributed by atoms with Crippen molar-refractivity contribution in [2.45, 2.75) is 33.7 Å². The normalized spacial score (nSPS) is 20.5. The van der Waals surface area contributed by atoms with Crippen molar-refractivity contribution in [2.24, 2.45) is 11.3 Å². The van der Waals surface area contributed by atoms with Gasteiger partial charge in [0.2, 0.25) is 0 Å². The lowest BCUT2D eigenvalue weighted by Crippen LogP contribution is -2.66.